The van der Waals surface area contributed by atoms with Crippen molar-refractivity contribution in [1.29, 1.82) is 5.26 Å². The third kappa shape index (κ3) is 3.18. The van der Waals surface area contributed by atoms with E-state index in [1.54, 1.807) is 0 Å². The van der Waals surface area contributed by atoms with Crippen LogP contribution in [0.5, 0.6) is 0 Å². The van der Waals surface area contributed by atoms with Crippen LogP contribution >= 0.6 is 0 Å². The summed E-state index contributed by atoms with van der Waals surface area (Å²) in [6.45, 7) is 0. The van der Waals surface area contributed by atoms with Crippen LogP contribution in [0, 0.1) is 11.3 Å². The van der Waals surface area contributed by atoms with Crippen LogP contribution in [-0.4, -0.2) is 18.9 Å². The van der Waals surface area contributed by atoms with Gasteiger partial charge in [-0.1, -0.05) is 97.1 Å². The van der Waals surface area contributed by atoms with Crippen LogP contribution in [0.15, 0.2) is 140 Å². The summed E-state index contributed by atoms with van der Waals surface area (Å²) in [6, 6.07) is 51.0. The van der Waals surface area contributed by atoms with Crippen molar-refractivity contribution >= 4 is 81.7 Å². The number of fused-ring (bicyclic) bond motifs is 13. The van der Waals surface area contributed by atoms with Crippen molar-refractivity contribution in [2.45, 2.75) is 0 Å². The van der Waals surface area contributed by atoms with Crippen LogP contribution in [-0.2, 0) is 0 Å². The lowest BCUT2D eigenvalue weighted by Gasteiger charge is -2.15. The number of hydrogen-bond acceptors (Lipinski definition) is 3. The smallest absolute Gasteiger partial charge is 0.165 e. The average Bonchev–Trinajstić information content (AvgIpc) is 3.79. The SMILES string of the molecule is N#Cc1cccc(-c2nc3ccccc3nc2-n2c3c4ccccc4ccc3c3cc4c5ccccc5n5c6ccccc6c(c32)c45)c1. The van der Waals surface area contributed by atoms with Crippen LogP contribution in [0.25, 0.3) is 98.8 Å². The van der Waals surface area contributed by atoms with Gasteiger partial charge in [0.05, 0.1) is 50.2 Å². The Kier molecular flexibility index (Phi) is 4.85. The predicted molar refractivity (Wildman–Crippen MR) is 196 cm³/mol. The molecule has 5 heteroatoms. The third-order valence-corrected chi connectivity index (χ3v) is 10.0. The molecule has 4 aromatic heterocycles. The van der Waals surface area contributed by atoms with Gasteiger partial charge in [-0.25, -0.2) is 9.97 Å². The highest BCUT2D eigenvalue weighted by Crippen LogP contribution is 2.48. The van der Waals surface area contributed by atoms with Gasteiger partial charge in [-0.15, -0.1) is 0 Å². The Morgan fingerprint density at radius 1 is 0.500 bits per heavy atom. The molecule has 0 unspecified atom stereocenters. The maximum atomic E-state index is 9.87. The zero-order chi connectivity index (χ0) is 31.5. The lowest BCUT2D eigenvalue weighted by atomic mass is 10.0. The summed E-state index contributed by atoms with van der Waals surface area (Å²) in [6.07, 6.45) is 0. The fraction of sp³-hybridized carbons (Fsp3) is 0. The van der Waals surface area contributed by atoms with E-state index in [4.69, 9.17) is 9.97 Å². The maximum Gasteiger partial charge on any atom is 0.165 e. The Bertz CT molecular complexity index is 3190. The van der Waals surface area contributed by atoms with E-state index in [0.29, 0.717) is 5.56 Å². The predicted octanol–water partition coefficient (Wildman–Crippen LogP) is 10.6. The Balaban J connectivity index is 1.46. The lowest BCUT2D eigenvalue weighted by molar-refractivity contribution is 1.09. The van der Waals surface area contributed by atoms with Crippen molar-refractivity contribution in [2.75, 3.05) is 0 Å². The van der Waals surface area contributed by atoms with E-state index in [9.17, 15) is 5.26 Å². The molecule has 0 atom stereocenters. The Morgan fingerprint density at radius 3 is 2.02 bits per heavy atom. The highest BCUT2D eigenvalue weighted by atomic mass is 15.1. The van der Waals surface area contributed by atoms with E-state index in [1.807, 2.05) is 48.5 Å². The molecule has 11 aromatic rings. The minimum Gasteiger partial charge on any atom is -0.308 e. The van der Waals surface area contributed by atoms with Crippen molar-refractivity contribution in [2.24, 2.45) is 0 Å². The first-order valence-electron chi connectivity index (χ1n) is 16.1. The van der Waals surface area contributed by atoms with Gasteiger partial charge < -0.3 is 4.40 Å². The maximum absolute atomic E-state index is 9.87. The van der Waals surface area contributed by atoms with Crippen molar-refractivity contribution < 1.29 is 0 Å². The summed E-state index contributed by atoms with van der Waals surface area (Å²) in [5.41, 5.74) is 9.57. The number of hydrogen-bond donors (Lipinski definition) is 0. The monoisotopic (exact) mass is 609 g/mol. The summed E-state index contributed by atoms with van der Waals surface area (Å²) in [5.74, 6) is 0.739. The highest BCUT2D eigenvalue weighted by Gasteiger charge is 2.27. The number of nitrogens with zero attached hydrogens (tertiary/aromatic N) is 5. The zero-order valence-electron chi connectivity index (χ0n) is 25.5. The average molecular weight is 610 g/mol. The normalized spacial score (nSPS) is 12.1. The summed E-state index contributed by atoms with van der Waals surface area (Å²) in [5, 5.41) is 19.4. The van der Waals surface area contributed by atoms with Crippen molar-refractivity contribution in [3.63, 3.8) is 0 Å². The van der Waals surface area contributed by atoms with E-state index in [-0.39, 0.29) is 0 Å². The molecule has 0 saturated heterocycles. The Hall–Kier alpha value is -6.77. The second kappa shape index (κ2) is 9.16. The molecule has 0 spiro atoms. The summed E-state index contributed by atoms with van der Waals surface area (Å²) >= 11 is 0. The topological polar surface area (TPSA) is 58.9 Å². The number of para-hydroxylation sites is 4. The second-order valence-electron chi connectivity index (χ2n) is 12.5. The molecule has 220 valence electrons. The first-order chi connectivity index (χ1) is 23.8. The molecule has 7 aromatic carbocycles. The Labute approximate surface area is 273 Å². The van der Waals surface area contributed by atoms with Gasteiger partial charge in [0, 0.05) is 43.3 Å². The highest BCUT2D eigenvalue weighted by molar-refractivity contribution is 6.35. The quantitative estimate of drug-likeness (QED) is 0.196. The van der Waals surface area contributed by atoms with Gasteiger partial charge in [-0.05, 0) is 47.9 Å². The van der Waals surface area contributed by atoms with Crippen LogP contribution in [0.4, 0.5) is 0 Å². The molecule has 0 N–H and O–H groups in total. The van der Waals surface area contributed by atoms with Crippen molar-refractivity contribution in [3.8, 4) is 23.1 Å². The van der Waals surface area contributed by atoms with Gasteiger partial charge in [0.1, 0.15) is 5.69 Å². The molecule has 0 radical (unpaired) electrons. The van der Waals surface area contributed by atoms with Gasteiger partial charge in [-0.2, -0.15) is 5.26 Å². The summed E-state index contributed by atoms with van der Waals surface area (Å²) in [7, 11) is 0. The first kappa shape index (κ1) is 25.4. The second-order valence-corrected chi connectivity index (χ2v) is 12.5. The van der Waals surface area contributed by atoms with Crippen LogP contribution in [0.1, 0.15) is 5.56 Å². The molecule has 5 nitrogen and oxygen atoms in total. The largest absolute Gasteiger partial charge is 0.308 e. The fourth-order valence-corrected chi connectivity index (χ4v) is 8.05. The number of aromatic nitrogens is 4. The standard InChI is InChI=1S/C43H23N5/c44-24-25-10-9-12-27(22-25)39-43(46-35-17-6-5-16-34(35)45-39)48-40-28-13-2-1-11-26(28)20-21-30(40)33-23-32-29-14-3-7-18-36(29)47-37-19-8-4-15-31(37)38(41(32)47)42(33)48/h1-23H. The third-order valence-electron chi connectivity index (χ3n) is 10.0. The van der Waals surface area contributed by atoms with E-state index in [0.717, 1.165) is 55.3 Å². The first-order valence-corrected chi connectivity index (χ1v) is 16.1. The molecule has 0 aliphatic heterocycles. The number of rotatable bonds is 2. The molecule has 0 aliphatic carbocycles. The van der Waals surface area contributed by atoms with Crippen molar-refractivity contribution in [1.82, 2.24) is 18.9 Å². The van der Waals surface area contributed by atoms with Crippen LogP contribution < -0.4 is 0 Å². The summed E-state index contributed by atoms with van der Waals surface area (Å²) in [4.78, 5) is 10.7. The molecular formula is C43H23N5. The zero-order valence-corrected chi connectivity index (χ0v) is 25.5. The molecular weight excluding hydrogens is 587 g/mol. The molecule has 0 aliphatic rings. The van der Waals surface area contributed by atoms with Gasteiger partial charge in [0.25, 0.3) is 0 Å². The minimum atomic E-state index is 0.583. The van der Waals surface area contributed by atoms with E-state index < -0.39 is 0 Å². The lowest BCUT2D eigenvalue weighted by Crippen LogP contribution is -2.04. The minimum absolute atomic E-state index is 0.583. The number of benzene rings is 7. The summed E-state index contributed by atoms with van der Waals surface area (Å²) < 4.78 is 4.79. The number of nitriles is 1. The molecule has 0 saturated carbocycles. The molecule has 48 heavy (non-hydrogen) atoms. The molecule has 0 amide bonds. The van der Waals surface area contributed by atoms with Crippen LogP contribution in [0.2, 0.25) is 0 Å². The van der Waals surface area contributed by atoms with Gasteiger partial charge >= 0.3 is 0 Å². The molecule has 11 rings (SSSR count). The molecule has 0 bridgehead atoms. The van der Waals surface area contributed by atoms with Gasteiger partial charge in [0.15, 0.2) is 5.82 Å². The van der Waals surface area contributed by atoms with Gasteiger partial charge in [-0.3, -0.25) is 4.57 Å². The molecule has 0 fully saturated rings. The van der Waals surface area contributed by atoms with Crippen molar-refractivity contribution in [3.05, 3.63) is 145 Å². The van der Waals surface area contributed by atoms with E-state index in [2.05, 4.69) is 106 Å². The van der Waals surface area contributed by atoms with E-state index >= 15 is 0 Å². The van der Waals surface area contributed by atoms with E-state index in [1.165, 1.54) is 43.5 Å². The van der Waals surface area contributed by atoms with Gasteiger partial charge in [0.2, 0.25) is 0 Å². The fourth-order valence-electron chi connectivity index (χ4n) is 8.05. The Morgan fingerprint density at radius 2 is 1.19 bits per heavy atom. The van der Waals surface area contributed by atoms with Crippen LogP contribution in [0.3, 0.4) is 0 Å². The molecule has 4 heterocycles.